The summed E-state index contributed by atoms with van der Waals surface area (Å²) in [5, 5.41) is 0. The van der Waals surface area contributed by atoms with Gasteiger partial charge in [0, 0.05) is 0 Å². The number of benzene rings is 2. The zero-order chi connectivity index (χ0) is 22.4. The fraction of sp³-hybridized carbons (Fsp3) is 0.379. The summed E-state index contributed by atoms with van der Waals surface area (Å²) in [6.45, 7) is 14.4. The van der Waals surface area contributed by atoms with Crippen molar-refractivity contribution in [1.29, 1.82) is 0 Å². The van der Waals surface area contributed by atoms with E-state index < -0.39 is 0 Å². The van der Waals surface area contributed by atoms with Crippen molar-refractivity contribution in [3.8, 4) is 5.75 Å². The van der Waals surface area contributed by atoms with E-state index in [0.717, 1.165) is 11.7 Å². The van der Waals surface area contributed by atoms with Crippen molar-refractivity contribution in [2.24, 2.45) is 5.92 Å². The van der Waals surface area contributed by atoms with Crippen LogP contribution in [0.5, 0.6) is 5.75 Å². The molecule has 30 heavy (non-hydrogen) atoms. The number of ether oxygens (including phenoxy) is 1. The molecular formula is C29H40O. The lowest BCUT2D eigenvalue weighted by Crippen LogP contribution is -1.86. The van der Waals surface area contributed by atoms with E-state index in [1.807, 2.05) is 37.3 Å². The Kier molecular flexibility index (Phi) is 12.3. The number of hydrogen-bond acceptors (Lipinski definition) is 1. The third-order valence-electron chi connectivity index (χ3n) is 4.92. The van der Waals surface area contributed by atoms with Crippen LogP contribution in [0.2, 0.25) is 0 Å². The van der Waals surface area contributed by atoms with E-state index in [2.05, 4.69) is 76.8 Å². The van der Waals surface area contributed by atoms with Crippen LogP contribution < -0.4 is 4.74 Å². The molecule has 2 aromatic rings. The van der Waals surface area contributed by atoms with Crippen LogP contribution in [-0.2, 0) is 0 Å². The second-order valence-electron chi connectivity index (χ2n) is 8.31. The maximum Gasteiger partial charge on any atom is 0.119 e. The highest BCUT2D eigenvalue weighted by atomic mass is 16.5. The lowest BCUT2D eigenvalue weighted by molar-refractivity contribution is 0.414. The molecular weight excluding hydrogens is 364 g/mol. The smallest absolute Gasteiger partial charge is 0.119 e. The SMILES string of the molecule is C=C/C(C)=C\C=C/CC1CC1.COc1cccc(C)c1.Cc1cccc(C(C)C)c1. The first-order chi connectivity index (χ1) is 14.3. The summed E-state index contributed by atoms with van der Waals surface area (Å²) in [5.41, 5.74) is 5.25. The van der Waals surface area contributed by atoms with Crippen molar-refractivity contribution >= 4 is 0 Å². The predicted molar refractivity (Wildman–Crippen MR) is 133 cm³/mol. The Hall–Kier alpha value is -2.54. The van der Waals surface area contributed by atoms with E-state index in [1.54, 1.807) is 7.11 Å². The van der Waals surface area contributed by atoms with E-state index in [-0.39, 0.29) is 0 Å². The molecule has 1 saturated carbocycles. The first kappa shape index (κ1) is 25.5. The molecule has 0 unspecified atom stereocenters. The highest BCUT2D eigenvalue weighted by Crippen LogP contribution is 2.32. The topological polar surface area (TPSA) is 9.23 Å². The monoisotopic (exact) mass is 404 g/mol. The summed E-state index contributed by atoms with van der Waals surface area (Å²) in [4.78, 5) is 0. The van der Waals surface area contributed by atoms with Gasteiger partial charge in [-0.15, -0.1) is 0 Å². The second-order valence-corrected chi connectivity index (χ2v) is 8.31. The molecule has 1 aliphatic rings. The number of methoxy groups -OCH3 is 1. The Labute approximate surface area is 185 Å². The first-order valence-electron chi connectivity index (χ1n) is 11.0. The fourth-order valence-electron chi connectivity index (χ4n) is 2.68. The van der Waals surface area contributed by atoms with Crippen LogP contribution in [0, 0.1) is 19.8 Å². The Morgan fingerprint density at radius 2 is 1.70 bits per heavy atom. The molecule has 1 fully saturated rings. The van der Waals surface area contributed by atoms with Gasteiger partial charge in [-0.1, -0.05) is 92.3 Å². The molecule has 0 aliphatic heterocycles. The predicted octanol–water partition coefficient (Wildman–Crippen LogP) is 8.60. The Morgan fingerprint density at radius 1 is 1.07 bits per heavy atom. The average Bonchev–Trinajstić information content (AvgIpc) is 3.56. The van der Waals surface area contributed by atoms with Gasteiger partial charge in [-0.2, -0.15) is 0 Å². The standard InChI is InChI=1S/C11H16.C10H14.C8H10O/c1-3-10(2)6-4-5-7-11-8-9-11;1-8(2)10-6-4-5-9(3)7-10;1-7-4-3-5-8(6-7)9-2/h3-6,11H,1,7-9H2,2H3;4-8H,1-3H3;3-6H,1-2H3/b5-4-,10-6-;;. The fourth-order valence-corrected chi connectivity index (χ4v) is 2.68. The molecule has 0 spiro atoms. The third kappa shape index (κ3) is 12.1. The van der Waals surface area contributed by atoms with Gasteiger partial charge in [0.1, 0.15) is 5.75 Å². The van der Waals surface area contributed by atoms with Crippen molar-refractivity contribution in [1.82, 2.24) is 0 Å². The van der Waals surface area contributed by atoms with Crippen LogP contribution in [0.4, 0.5) is 0 Å². The van der Waals surface area contributed by atoms with Gasteiger partial charge in [-0.05, 0) is 75.1 Å². The number of allylic oxidation sites excluding steroid dienone is 5. The van der Waals surface area contributed by atoms with Gasteiger partial charge in [0.2, 0.25) is 0 Å². The van der Waals surface area contributed by atoms with Gasteiger partial charge in [0.05, 0.1) is 7.11 Å². The van der Waals surface area contributed by atoms with E-state index >= 15 is 0 Å². The van der Waals surface area contributed by atoms with Gasteiger partial charge in [-0.3, -0.25) is 0 Å². The number of aryl methyl sites for hydroxylation is 2. The normalized spacial score (nSPS) is 13.2. The third-order valence-corrected chi connectivity index (χ3v) is 4.92. The van der Waals surface area contributed by atoms with Crippen LogP contribution >= 0.6 is 0 Å². The molecule has 0 amide bonds. The van der Waals surface area contributed by atoms with Crippen molar-refractivity contribution in [3.05, 3.63) is 102 Å². The summed E-state index contributed by atoms with van der Waals surface area (Å²) in [5.74, 6) is 2.58. The highest BCUT2D eigenvalue weighted by Gasteiger charge is 2.18. The zero-order valence-corrected chi connectivity index (χ0v) is 19.8. The molecule has 0 radical (unpaired) electrons. The highest BCUT2D eigenvalue weighted by molar-refractivity contribution is 5.27. The minimum absolute atomic E-state index is 0.653. The molecule has 0 saturated heterocycles. The van der Waals surface area contributed by atoms with Gasteiger partial charge in [0.25, 0.3) is 0 Å². The maximum atomic E-state index is 5.00. The van der Waals surface area contributed by atoms with E-state index in [1.165, 1.54) is 41.5 Å². The Balaban J connectivity index is 0.000000226. The lowest BCUT2D eigenvalue weighted by Gasteiger charge is -2.04. The molecule has 2 aromatic carbocycles. The molecule has 1 heteroatoms. The molecule has 162 valence electrons. The van der Waals surface area contributed by atoms with Gasteiger partial charge < -0.3 is 4.74 Å². The first-order valence-corrected chi connectivity index (χ1v) is 11.0. The largest absolute Gasteiger partial charge is 0.497 e. The number of hydrogen-bond donors (Lipinski definition) is 0. The summed E-state index contributed by atoms with van der Waals surface area (Å²) in [6, 6.07) is 16.6. The summed E-state index contributed by atoms with van der Waals surface area (Å²) in [7, 11) is 1.68. The van der Waals surface area contributed by atoms with E-state index in [4.69, 9.17) is 4.74 Å². The Morgan fingerprint density at radius 3 is 2.13 bits per heavy atom. The molecule has 0 aromatic heterocycles. The number of rotatable bonds is 6. The van der Waals surface area contributed by atoms with Gasteiger partial charge in [0.15, 0.2) is 0 Å². The molecule has 0 heterocycles. The van der Waals surface area contributed by atoms with Crippen LogP contribution in [0.1, 0.15) is 62.6 Å². The van der Waals surface area contributed by atoms with Crippen molar-refractivity contribution in [3.63, 3.8) is 0 Å². The molecule has 1 nitrogen and oxygen atoms in total. The average molecular weight is 405 g/mol. The zero-order valence-electron chi connectivity index (χ0n) is 19.8. The minimum atomic E-state index is 0.653. The Bertz CT molecular complexity index is 807. The van der Waals surface area contributed by atoms with Crippen LogP contribution in [0.3, 0.4) is 0 Å². The summed E-state index contributed by atoms with van der Waals surface area (Å²) < 4.78 is 5.00. The summed E-state index contributed by atoms with van der Waals surface area (Å²) in [6.07, 6.45) is 12.5. The van der Waals surface area contributed by atoms with Gasteiger partial charge >= 0.3 is 0 Å². The second kappa shape index (κ2) is 14.4. The maximum absolute atomic E-state index is 5.00. The molecule has 3 rings (SSSR count). The van der Waals surface area contributed by atoms with Crippen LogP contribution in [-0.4, -0.2) is 7.11 Å². The minimum Gasteiger partial charge on any atom is -0.497 e. The van der Waals surface area contributed by atoms with Crippen molar-refractivity contribution < 1.29 is 4.74 Å². The summed E-state index contributed by atoms with van der Waals surface area (Å²) >= 11 is 0. The molecule has 0 atom stereocenters. The molecule has 0 N–H and O–H groups in total. The quantitative estimate of drug-likeness (QED) is 0.438. The van der Waals surface area contributed by atoms with Crippen molar-refractivity contribution in [2.45, 2.75) is 59.8 Å². The van der Waals surface area contributed by atoms with E-state index in [9.17, 15) is 0 Å². The molecule has 0 bridgehead atoms. The van der Waals surface area contributed by atoms with E-state index in [0.29, 0.717) is 5.92 Å². The molecule has 1 aliphatic carbocycles. The van der Waals surface area contributed by atoms with Crippen LogP contribution in [0.15, 0.2) is 85.0 Å². The van der Waals surface area contributed by atoms with Gasteiger partial charge in [-0.25, -0.2) is 0 Å². The van der Waals surface area contributed by atoms with Crippen LogP contribution in [0.25, 0.3) is 0 Å². The lowest BCUT2D eigenvalue weighted by atomic mass is 10.0. The van der Waals surface area contributed by atoms with Crippen molar-refractivity contribution in [2.75, 3.05) is 7.11 Å².